The van der Waals surface area contributed by atoms with E-state index in [0.717, 1.165) is 16.7 Å². The van der Waals surface area contributed by atoms with Gasteiger partial charge in [0.2, 0.25) is 0 Å². The number of pyridine rings is 1. The van der Waals surface area contributed by atoms with Gasteiger partial charge in [-0.1, -0.05) is 23.7 Å². The minimum absolute atomic E-state index is 0.0754. The minimum Gasteiger partial charge on any atom is -0.444 e. The molecular formula is C33H43ClN4O6. The van der Waals surface area contributed by atoms with E-state index in [-0.39, 0.29) is 24.7 Å². The summed E-state index contributed by atoms with van der Waals surface area (Å²) in [5.41, 5.74) is 0.226. The Morgan fingerprint density at radius 3 is 2.43 bits per heavy atom. The van der Waals surface area contributed by atoms with Crippen molar-refractivity contribution < 1.29 is 28.7 Å². The number of ketones is 1. The van der Waals surface area contributed by atoms with E-state index in [1.54, 1.807) is 64.8 Å². The molecule has 44 heavy (non-hydrogen) atoms. The van der Waals surface area contributed by atoms with Crippen LogP contribution in [0.1, 0.15) is 89.6 Å². The molecule has 1 saturated heterocycles. The highest BCUT2D eigenvalue weighted by Gasteiger charge is 2.52. The smallest absolute Gasteiger partial charge is 0.408 e. The zero-order chi connectivity index (χ0) is 32.3. The van der Waals surface area contributed by atoms with E-state index >= 15 is 0 Å². The number of benzene rings is 1. The number of carbonyl (C=O) groups is 4. The van der Waals surface area contributed by atoms with Gasteiger partial charge in [-0.05, 0) is 109 Å². The van der Waals surface area contributed by atoms with Crippen molar-refractivity contribution in [2.75, 3.05) is 6.54 Å². The highest BCUT2D eigenvalue weighted by molar-refractivity contribution is 6.30. The number of halogens is 1. The van der Waals surface area contributed by atoms with Gasteiger partial charge in [-0.15, -0.1) is 0 Å². The molecule has 2 atom stereocenters. The van der Waals surface area contributed by atoms with Crippen molar-refractivity contribution in [1.29, 1.82) is 0 Å². The van der Waals surface area contributed by atoms with Crippen LogP contribution in [0, 0.1) is 0 Å². The summed E-state index contributed by atoms with van der Waals surface area (Å²) in [5.74, 6) is -0.421. The number of likely N-dealkylation sites (tertiary alicyclic amines) is 1. The third-order valence-electron chi connectivity index (χ3n) is 7.66. The van der Waals surface area contributed by atoms with Gasteiger partial charge in [0.05, 0.1) is 11.7 Å². The molecule has 1 aromatic heterocycles. The lowest BCUT2D eigenvalue weighted by Gasteiger charge is -2.36. The zero-order valence-electron chi connectivity index (χ0n) is 26.4. The van der Waals surface area contributed by atoms with Crippen LogP contribution in [0.5, 0.6) is 0 Å². The molecule has 1 unspecified atom stereocenters. The first-order valence-corrected chi connectivity index (χ1v) is 15.5. The monoisotopic (exact) mass is 626 g/mol. The second kappa shape index (κ2) is 13.1. The summed E-state index contributed by atoms with van der Waals surface area (Å²) in [6.07, 6.45) is 3.01. The molecule has 3 amide bonds. The van der Waals surface area contributed by atoms with Gasteiger partial charge in [-0.25, -0.2) is 9.59 Å². The Labute approximate surface area is 264 Å². The molecule has 10 nitrogen and oxygen atoms in total. The summed E-state index contributed by atoms with van der Waals surface area (Å²) in [5, 5.41) is 6.15. The average Bonchev–Trinajstić information content (AvgIpc) is 3.55. The van der Waals surface area contributed by atoms with Crippen LogP contribution in [0.25, 0.3) is 0 Å². The highest BCUT2D eigenvalue weighted by atomic mass is 35.5. The van der Waals surface area contributed by atoms with Gasteiger partial charge in [-0.3, -0.25) is 14.6 Å². The number of amides is 3. The molecule has 2 N–H and O–H groups in total. The van der Waals surface area contributed by atoms with Gasteiger partial charge in [0.1, 0.15) is 11.2 Å². The predicted octanol–water partition coefficient (Wildman–Crippen LogP) is 5.62. The van der Waals surface area contributed by atoms with Crippen molar-refractivity contribution in [3.8, 4) is 0 Å². The van der Waals surface area contributed by atoms with Crippen LogP contribution in [0.4, 0.5) is 9.59 Å². The summed E-state index contributed by atoms with van der Waals surface area (Å²) in [4.78, 5) is 59.4. The number of aryl methyl sites for hydroxylation is 2. The minimum atomic E-state index is -1.42. The highest BCUT2D eigenvalue weighted by Crippen LogP contribution is 2.39. The molecule has 0 saturated carbocycles. The van der Waals surface area contributed by atoms with Gasteiger partial charge in [0.15, 0.2) is 11.3 Å². The Bertz CT molecular complexity index is 1420. The van der Waals surface area contributed by atoms with Crippen molar-refractivity contribution in [2.45, 2.75) is 109 Å². The maximum atomic E-state index is 14.4. The standard InChI is InChI=1S/C33H43ClN4O6/c1-31(2,3)43-29(41)36-20-23-11-13-24(34)19-22(23)12-14-26(39)25-10-8-18-38(25)28(40)33(37-30(42)44-32(4,5)6)16-15-21-9-7-17-35-27(21)33/h7,9,11,13,17,19,25H,8,10,12,14-16,18,20H2,1-6H3,(H,36,41)(H,37,42)/t25-,33?/m0/s1. The quantitative estimate of drug-likeness (QED) is 0.389. The van der Waals surface area contributed by atoms with Crippen LogP contribution < -0.4 is 10.6 Å². The van der Waals surface area contributed by atoms with E-state index in [1.807, 2.05) is 18.2 Å². The lowest BCUT2D eigenvalue weighted by molar-refractivity contribution is -0.143. The first-order valence-electron chi connectivity index (χ1n) is 15.1. The van der Waals surface area contributed by atoms with Crippen molar-refractivity contribution in [1.82, 2.24) is 20.5 Å². The molecule has 0 spiro atoms. The van der Waals surface area contributed by atoms with Crippen molar-refractivity contribution in [2.24, 2.45) is 0 Å². The van der Waals surface area contributed by atoms with E-state index in [9.17, 15) is 19.2 Å². The number of aromatic nitrogens is 1. The molecule has 1 fully saturated rings. The van der Waals surface area contributed by atoms with Gasteiger partial charge in [-0.2, -0.15) is 0 Å². The second-order valence-corrected chi connectivity index (χ2v) is 13.9. The van der Waals surface area contributed by atoms with E-state index < -0.39 is 35.0 Å². The first-order chi connectivity index (χ1) is 20.6. The molecule has 1 aromatic carbocycles. The molecule has 238 valence electrons. The van der Waals surface area contributed by atoms with Crippen LogP contribution >= 0.6 is 11.6 Å². The number of nitrogens with one attached hydrogen (secondary N) is 2. The lowest BCUT2D eigenvalue weighted by Crippen LogP contribution is -2.59. The Hall–Kier alpha value is -3.66. The van der Waals surface area contributed by atoms with E-state index in [2.05, 4.69) is 15.6 Å². The van der Waals surface area contributed by atoms with Crippen molar-refractivity contribution in [3.05, 3.63) is 63.9 Å². The molecule has 11 heteroatoms. The normalized spacial score (nSPS) is 19.7. The fourth-order valence-electron chi connectivity index (χ4n) is 5.82. The lowest BCUT2D eigenvalue weighted by atomic mass is 9.92. The van der Waals surface area contributed by atoms with Gasteiger partial charge in [0, 0.05) is 30.7 Å². The number of ether oxygens (including phenoxy) is 2. The molecule has 0 bridgehead atoms. The topological polar surface area (TPSA) is 127 Å². The number of rotatable bonds is 8. The number of hydrogen-bond acceptors (Lipinski definition) is 7. The molecule has 4 rings (SSSR count). The zero-order valence-corrected chi connectivity index (χ0v) is 27.2. The van der Waals surface area contributed by atoms with Crippen molar-refractivity contribution in [3.63, 3.8) is 0 Å². The van der Waals surface area contributed by atoms with Gasteiger partial charge >= 0.3 is 12.2 Å². The van der Waals surface area contributed by atoms with Gasteiger partial charge in [0.25, 0.3) is 5.91 Å². The Morgan fingerprint density at radius 2 is 1.73 bits per heavy atom. The van der Waals surface area contributed by atoms with Crippen LogP contribution in [-0.2, 0) is 44.0 Å². The summed E-state index contributed by atoms with van der Waals surface area (Å²) >= 11 is 6.28. The second-order valence-electron chi connectivity index (χ2n) is 13.4. The molecule has 2 aliphatic rings. The van der Waals surface area contributed by atoms with Crippen LogP contribution in [0.2, 0.25) is 5.02 Å². The number of hydrogen-bond donors (Lipinski definition) is 2. The predicted molar refractivity (Wildman–Crippen MR) is 166 cm³/mol. The molecule has 1 aliphatic carbocycles. The molecule has 1 aliphatic heterocycles. The number of carbonyl (C=O) groups excluding carboxylic acids is 4. The third kappa shape index (κ3) is 8.08. The number of alkyl carbamates (subject to hydrolysis) is 2. The molecule has 2 aromatic rings. The molecule has 0 radical (unpaired) electrons. The number of nitrogens with zero attached hydrogens (tertiary/aromatic N) is 2. The fourth-order valence-corrected chi connectivity index (χ4v) is 6.02. The van der Waals surface area contributed by atoms with E-state index in [1.165, 1.54) is 0 Å². The maximum absolute atomic E-state index is 14.4. The average molecular weight is 627 g/mol. The fraction of sp³-hybridized carbons (Fsp3) is 0.545. The van der Waals surface area contributed by atoms with Crippen LogP contribution in [0.3, 0.4) is 0 Å². The summed E-state index contributed by atoms with van der Waals surface area (Å²) < 4.78 is 10.9. The van der Waals surface area contributed by atoms with E-state index in [0.29, 0.717) is 49.4 Å². The summed E-state index contributed by atoms with van der Waals surface area (Å²) in [7, 11) is 0. The maximum Gasteiger partial charge on any atom is 0.408 e. The number of Topliss-reactive ketones (excluding diaryl/α,β-unsaturated/α-hetero) is 1. The van der Waals surface area contributed by atoms with Gasteiger partial charge < -0.3 is 25.0 Å². The van der Waals surface area contributed by atoms with E-state index in [4.69, 9.17) is 21.1 Å². The Morgan fingerprint density at radius 1 is 1.02 bits per heavy atom. The number of fused-ring (bicyclic) bond motifs is 1. The van der Waals surface area contributed by atoms with Crippen molar-refractivity contribution >= 4 is 35.5 Å². The largest absolute Gasteiger partial charge is 0.444 e. The Balaban J connectivity index is 1.50. The third-order valence-corrected chi connectivity index (χ3v) is 7.90. The van der Waals surface area contributed by atoms with Crippen LogP contribution in [0.15, 0.2) is 36.5 Å². The molecular weight excluding hydrogens is 584 g/mol. The SMILES string of the molecule is CC(C)(C)OC(=O)NCc1ccc(Cl)cc1CCC(=O)[C@@H]1CCCN1C(=O)C1(NC(=O)OC(C)(C)C)CCc2cccnc21. The molecule has 2 heterocycles. The first kappa shape index (κ1) is 33.2. The summed E-state index contributed by atoms with van der Waals surface area (Å²) in [6, 6.07) is 8.43. The summed E-state index contributed by atoms with van der Waals surface area (Å²) in [6.45, 7) is 11.3. The van der Waals surface area contributed by atoms with Crippen LogP contribution in [-0.4, -0.2) is 57.5 Å². The Kier molecular flexibility index (Phi) is 9.93.